The summed E-state index contributed by atoms with van der Waals surface area (Å²) < 4.78 is 5.56. The maximum Gasteiger partial charge on any atom is 0.410 e. The third kappa shape index (κ3) is 4.87. The smallest absolute Gasteiger partial charge is 0.410 e. The predicted octanol–water partition coefficient (Wildman–Crippen LogP) is 2.35. The highest BCUT2D eigenvalue weighted by atomic mass is 16.6. The molecule has 5 rings (SSSR count). The quantitative estimate of drug-likeness (QED) is 0.685. The summed E-state index contributed by atoms with van der Waals surface area (Å²) in [4.78, 5) is 47.3. The van der Waals surface area contributed by atoms with Gasteiger partial charge in [-0.3, -0.25) is 14.7 Å². The van der Waals surface area contributed by atoms with Gasteiger partial charge in [0.1, 0.15) is 17.2 Å². The van der Waals surface area contributed by atoms with Crippen molar-refractivity contribution in [3.63, 3.8) is 0 Å². The number of pyridine rings is 1. The topological polar surface area (TPSA) is 107 Å². The molecular weight excluding hydrogens is 460 g/mol. The number of piperazine rings is 1. The summed E-state index contributed by atoms with van der Waals surface area (Å²) in [6, 6.07) is 4.25. The number of nitrogens with one attached hydrogen (secondary N) is 1. The molecular formula is C25H34N8O3. The number of nitrogens with zero attached hydrogens (tertiary/aromatic N) is 7. The monoisotopic (exact) mass is 494 g/mol. The maximum atomic E-state index is 13.4. The molecule has 2 amide bonds. The van der Waals surface area contributed by atoms with Gasteiger partial charge in [-0.25, -0.2) is 14.8 Å². The molecule has 192 valence electrons. The zero-order valence-corrected chi connectivity index (χ0v) is 21.3. The molecule has 0 saturated carbocycles. The van der Waals surface area contributed by atoms with Gasteiger partial charge >= 0.3 is 6.09 Å². The SMILES string of the molecule is CC1CN(C(=O)OC(C)(C)C)CCN1c1ccc2c(n1)N(C(=O)CNc1cnccn1)[C@H]1CCN2C1. The van der Waals surface area contributed by atoms with Crippen LogP contribution in [0.2, 0.25) is 0 Å². The van der Waals surface area contributed by atoms with Crippen molar-refractivity contribution in [1.29, 1.82) is 0 Å². The van der Waals surface area contributed by atoms with Crippen molar-refractivity contribution < 1.29 is 14.3 Å². The van der Waals surface area contributed by atoms with Crippen LogP contribution in [-0.4, -0.2) is 88.8 Å². The van der Waals surface area contributed by atoms with Gasteiger partial charge in [0, 0.05) is 51.2 Å². The summed E-state index contributed by atoms with van der Waals surface area (Å²) in [5.41, 5.74) is 0.463. The molecule has 0 radical (unpaired) electrons. The Kier molecular flexibility index (Phi) is 6.31. The molecule has 2 atom stereocenters. The van der Waals surface area contributed by atoms with Crippen molar-refractivity contribution in [2.24, 2.45) is 0 Å². The van der Waals surface area contributed by atoms with Gasteiger partial charge in [0.2, 0.25) is 5.91 Å². The fourth-order valence-electron chi connectivity index (χ4n) is 5.11. The predicted molar refractivity (Wildman–Crippen MR) is 137 cm³/mol. The van der Waals surface area contributed by atoms with Gasteiger partial charge in [-0.1, -0.05) is 0 Å². The minimum absolute atomic E-state index is 0.0408. The fraction of sp³-hybridized carbons (Fsp3) is 0.560. The number of ether oxygens (including phenoxy) is 1. The lowest BCUT2D eigenvalue weighted by Crippen LogP contribution is -2.55. The molecule has 5 heterocycles. The van der Waals surface area contributed by atoms with Crippen LogP contribution in [0.3, 0.4) is 0 Å². The Labute approximate surface area is 211 Å². The van der Waals surface area contributed by atoms with Crippen molar-refractivity contribution in [3.05, 3.63) is 30.7 Å². The Morgan fingerprint density at radius 2 is 1.97 bits per heavy atom. The van der Waals surface area contributed by atoms with Crippen molar-refractivity contribution in [2.45, 2.75) is 51.8 Å². The van der Waals surface area contributed by atoms with E-state index in [9.17, 15) is 9.59 Å². The molecule has 2 fully saturated rings. The van der Waals surface area contributed by atoms with E-state index in [0.717, 1.165) is 31.0 Å². The zero-order valence-electron chi connectivity index (χ0n) is 21.3. The summed E-state index contributed by atoms with van der Waals surface area (Å²) >= 11 is 0. The van der Waals surface area contributed by atoms with E-state index in [2.05, 4.69) is 38.1 Å². The lowest BCUT2D eigenvalue weighted by Gasteiger charge is -2.42. The molecule has 0 aromatic carbocycles. The summed E-state index contributed by atoms with van der Waals surface area (Å²) in [6.45, 7) is 11.3. The average Bonchev–Trinajstić information content (AvgIpc) is 3.26. The minimum atomic E-state index is -0.524. The largest absolute Gasteiger partial charge is 0.444 e. The van der Waals surface area contributed by atoms with Gasteiger partial charge in [-0.05, 0) is 46.2 Å². The van der Waals surface area contributed by atoms with E-state index in [1.54, 1.807) is 23.5 Å². The van der Waals surface area contributed by atoms with Crippen LogP contribution in [0, 0.1) is 0 Å². The number of hydrogen-bond acceptors (Lipinski definition) is 9. The third-order valence-corrected chi connectivity index (χ3v) is 6.76. The number of hydrogen-bond donors (Lipinski definition) is 1. The molecule has 0 aliphatic carbocycles. The Bertz CT molecular complexity index is 1120. The van der Waals surface area contributed by atoms with Gasteiger partial charge < -0.3 is 24.8 Å². The summed E-state index contributed by atoms with van der Waals surface area (Å²) in [7, 11) is 0. The summed E-state index contributed by atoms with van der Waals surface area (Å²) in [5, 5.41) is 3.08. The van der Waals surface area contributed by atoms with E-state index in [1.165, 1.54) is 0 Å². The molecule has 1 unspecified atom stereocenters. The molecule has 2 bridgehead atoms. The van der Waals surface area contributed by atoms with Crippen molar-refractivity contribution in [2.75, 3.05) is 59.3 Å². The van der Waals surface area contributed by atoms with Crippen LogP contribution in [-0.2, 0) is 9.53 Å². The Hall–Kier alpha value is -3.63. The minimum Gasteiger partial charge on any atom is -0.444 e. The second-order valence-electron chi connectivity index (χ2n) is 10.6. The highest BCUT2D eigenvalue weighted by Gasteiger charge is 2.40. The van der Waals surface area contributed by atoms with E-state index in [0.29, 0.717) is 31.3 Å². The molecule has 2 saturated heterocycles. The van der Waals surface area contributed by atoms with E-state index in [-0.39, 0.29) is 30.6 Å². The van der Waals surface area contributed by atoms with Crippen LogP contribution < -0.4 is 20.0 Å². The number of rotatable bonds is 4. The lowest BCUT2D eigenvalue weighted by molar-refractivity contribution is -0.117. The molecule has 0 spiro atoms. The zero-order chi connectivity index (χ0) is 25.4. The summed E-state index contributed by atoms with van der Waals surface area (Å²) in [5.74, 6) is 2.04. The van der Waals surface area contributed by atoms with Crippen LogP contribution >= 0.6 is 0 Å². The molecule has 36 heavy (non-hydrogen) atoms. The second kappa shape index (κ2) is 9.44. The van der Waals surface area contributed by atoms with Crippen molar-refractivity contribution in [1.82, 2.24) is 19.9 Å². The highest BCUT2D eigenvalue weighted by Crippen LogP contribution is 2.40. The van der Waals surface area contributed by atoms with Crippen LogP contribution in [0.5, 0.6) is 0 Å². The van der Waals surface area contributed by atoms with E-state index in [4.69, 9.17) is 9.72 Å². The Balaban J connectivity index is 1.33. The third-order valence-electron chi connectivity index (χ3n) is 6.76. The van der Waals surface area contributed by atoms with Crippen LogP contribution in [0.4, 0.5) is 27.9 Å². The molecule has 3 aliphatic heterocycles. The standard InChI is InChI=1S/C25H34N8O3/c1-17-15-31(24(35)36-25(2,3)4)11-12-32(17)21-6-5-19-23(29-21)33(18-7-10-30(19)16-18)22(34)14-28-20-13-26-8-9-27-20/h5-6,8-9,13,17-18H,7,10-12,14-16H2,1-4H3,(H,27,28)/t17?,18-/m0/s1. The normalized spacial score (nSPS) is 21.3. The molecule has 2 aromatic rings. The number of aromatic nitrogens is 3. The van der Waals surface area contributed by atoms with Gasteiger partial charge in [0.05, 0.1) is 24.5 Å². The molecule has 1 N–H and O–H groups in total. The summed E-state index contributed by atoms with van der Waals surface area (Å²) in [6.07, 6.45) is 5.41. The van der Waals surface area contributed by atoms with Crippen LogP contribution in [0.15, 0.2) is 30.7 Å². The number of amides is 2. The molecule has 2 aromatic heterocycles. The van der Waals surface area contributed by atoms with E-state index in [1.807, 2.05) is 31.7 Å². The first-order valence-corrected chi connectivity index (χ1v) is 12.5. The molecule has 11 heteroatoms. The van der Waals surface area contributed by atoms with Crippen LogP contribution in [0.25, 0.3) is 0 Å². The molecule has 11 nitrogen and oxygen atoms in total. The Morgan fingerprint density at radius 1 is 1.14 bits per heavy atom. The fourth-order valence-corrected chi connectivity index (χ4v) is 5.11. The number of carbonyl (C=O) groups is 2. The van der Waals surface area contributed by atoms with E-state index < -0.39 is 5.60 Å². The average molecular weight is 495 g/mol. The number of anilines is 4. The van der Waals surface area contributed by atoms with Gasteiger partial charge in [-0.2, -0.15) is 0 Å². The second-order valence-corrected chi connectivity index (χ2v) is 10.6. The first-order valence-electron chi connectivity index (χ1n) is 12.5. The first kappa shape index (κ1) is 24.1. The van der Waals surface area contributed by atoms with Gasteiger partial charge in [0.15, 0.2) is 5.82 Å². The van der Waals surface area contributed by atoms with Crippen molar-refractivity contribution in [3.8, 4) is 0 Å². The number of carbonyl (C=O) groups excluding carboxylic acids is 2. The van der Waals surface area contributed by atoms with E-state index >= 15 is 0 Å². The lowest BCUT2D eigenvalue weighted by atomic mass is 10.1. The van der Waals surface area contributed by atoms with Gasteiger partial charge in [-0.15, -0.1) is 0 Å². The van der Waals surface area contributed by atoms with Gasteiger partial charge in [0.25, 0.3) is 0 Å². The van der Waals surface area contributed by atoms with Crippen LogP contribution in [0.1, 0.15) is 34.1 Å². The first-order chi connectivity index (χ1) is 17.2. The molecule has 3 aliphatic rings. The Morgan fingerprint density at radius 3 is 2.69 bits per heavy atom. The number of fused-ring (bicyclic) bond motifs is 4. The maximum absolute atomic E-state index is 13.4. The van der Waals surface area contributed by atoms with Crippen molar-refractivity contribution >= 4 is 35.1 Å². The highest BCUT2D eigenvalue weighted by molar-refractivity contribution is 6.00.